The maximum atomic E-state index is 4.07. The van der Waals surface area contributed by atoms with Crippen LogP contribution in [0.4, 0.5) is 0 Å². The Hall–Kier alpha value is -0.401. The summed E-state index contributed by atoms with van der Waals surface area (Å²) in [6.07, 6.45) is 0. The van der Waals surface area contributed by atoms with Crippen LogP contribution in [-0.4, -0.2) is 26.0 Å². The molecule has 0 fully saturated rings. The van der Waals surface area contributed by atoms with E-state index in [2.05, 4.69) is 26.0 Å². The Bertz CT molecular complexity index is 172. The fourth-order valence-electron chi connectivity index (χ4n) is 0.694. The van der Waals surface area contributed by atoms with Gasteiger partial charge in [0.05, 0.1) is 0 Å². The van der Waals surface area contributed by atoms with Crippen molar-refractivity contribution in [1.82, 2.24) is 9.97 Å². The molecule has 1 rings (SSSR count). The van der Waals surface area contributed by atoms with Crippen LogP contribution in [-0.2, 0) is 0 Å². The van der Waals surface area contributed by atoms with Gasteiger partial charge in [-0.1, -0.05) is 0 Å². The summed E-state index contributed by atoms with van der Waals surface area (Å²) in [5.41, 5.74) is 2.02. The van der Waals surface area contributed by atoms with Crippen molar-refractivity contribution >= 4 is 20.7 Å². The molecule has 0 bridgehead atoms. The van der Waals surface area contributed by atoms with E-state index < -0.39 is 0 Å². The molecule has 0 aliphatic heterocycles. The quantitative estimate of drug-likeness (QED) is 0.528. The third kappa shape index (κ3) is 1.77. The van der Waals surface area contributed by atoms with Crippen molar-refractivity contribution in [2.75, 3.05) is 0 Å². The maximum absolute atomic E-state index is 4.07. The third-order valence-electron chi connectivity index (χ3n) is 0.962. The van der Waals surface area contributed by atoms with E-state index in [0.29, 0.717) is 0 Å². The minimum atomic E-state index is 0.729. The van der Waals surface area contributed by atoms with Gasteiger partial charge in [-0.05, 0) is 0 Å². The number of hydrogen-bond acceptors (Lipinski definition) is 2. The second kappa shape index (κ2) is 2.46. The summed E-state index contributed by atoms with van der Waals surface area (Å²) < 4.78 is 0.729. The average molecular weight is 186 g/mol. The molecular formula is C6H7N2Se-. The molecule has 0 saturated carbocycles. The van der Waals surface area contributed by atoms with E-state index in [1.165, 1.54) is 0 Å². The first-order valence-corrected chi connectivity index (χ1v) is 3.53. The van der Waals surface area contributed by atoms with Gasteiger partial charge in [-0.15, -0.1) is 0 Å². The van der Waals surface area contributed by atoms with Crippen LogP contribution in [0.2, 0.25) is 0 Å². The SMILES string of the molecule is Cc1cc(C)nc([Se-])n1. The fourth-order valence-corrected chi connectivity index (χ4v) is 1.30. The molecule has 0 aliphatic rings. The Morgan fingerprint density at radius 2 is 1.67 bits per heavy atom. The predicted molar refractivity (Wildman–Crippen MR) is 36.9 cm³/mol. The second-order valence-electron chi connectivity index (χ2n) is 1.93. The monoisotopic (exact) mass is 187 g/mol. The first kappa shape index (κ1) is 6.72. The van der Waals surface area contributed by atoms with Crippen LogP contribution in [0.3, 0.4) is 0 Å². The molecule has 9 heavy (non-hydrogen) atoms. The Balaban J connectivity index is 3.17. The number of rotatable bonds is 0. The molecule has 0 spiro atoms. The molecule has 1 aromatic rings. The molecule has 1 aromatic heterocycles. The molecule has 3 heteroatoms. The van der Waals surface area contributed by atoms with Gasteiger partial charge in [0.15, 0.2) is 0 Å². The van der Waals surface area contributed by atoms with E-state index >= 15 is 0 Å². The molecule has 0 aliphatic carbocycles. The Kier molecular flexibility index (Phi) is 1.84. The van der Waals surface area contributed by atoms with Gasteiger partial charge in [-0.3, -0.25) is 0 Å². The summed E-state index contributed by atoms with van der Waals surface area (Å²) in [5.74, 6) is 0. The summed E-state index contributed by atoms with van der Waals surface area (Å²) in [6, 6.07) is 1.95. The molecule has 1 heterocycles. The van der Waals surface area contributed by atoms with Crippen LogP contribution in [0.5, 0.6) is 0 Å². The van der Waals surface area contributed by atoms with Gasteiger partial charge in [0.25, 0.3) is 0 Å². The van der Waals surface area contributed by atoms with Crippen molar-refractivity contribution in [3.8, 4) is 0 Å². The van der Waals surface area contributed by atoms with Gasteiger partial charge >= 0.3 is 62.0 Å². The number of aryl methyl sites for hydroxylation is 2. The van der Waals surface area contributed by atoms with Crippen molar-refractivity contribution in [1.29, 1.82) is 0 Å². The van der Waals surface area contributed by atoms with E-state index in [9.17, 15) is 0 Å². The molecular weight excluding hydrogens is 179 g/mol. The molecule has 2 nitrogen and oxygen atoms in total. The minimum absolute atomic E-state index is 0.729. The van der Waals surface area contributed by atoms with Crippen LogP contribution >= 0.6 is 0 Å². The zero-order valence-corrected chi connectivity index (χ0v) is 7.09. The van der Waals surface area contributed by atoms with E-state index in [1.807, 2.05) is 19.9 Å². The van der Waals surface area contributed by atoms with E-state index in [1.54, 1.807) is 0 Å². The summed E-state index contributed by atoms with van der Waals surface area (Å²) in [5, 5.41) is 0. The van der Waals surface area contributed by atoms with Crippen molar-refractivity contribution in [3.63, 3.8) is 0 Å². The van der Waals surface area contributed by atoms with Crippen molar-refractivity contribution in [2.24, 2.45) is 0 Å². The first-order chi connectivity index (χ1) is 4.18. The standard InChI is InChI=1S/C6H8N2Se/c1-4-3-5(2)8-6(9)7-4/h3H,1-2H3,(H,7,8,9)/p-1. The summed E-state index contributed by atoms with van der Waals surface area (Å²) in [4.78, 5) is 8.14. The Morgan fingerprint density at radius 3 is 2.00 bits per heavy atom. The van der Waals surface area contributed by atoms with Crippen molar-refractivity contribution in [2.45, 2.75) is 13.8 Å². The molecule has 0 saturated heterocycles. The normalized spacial score (nSPS) is 9.56. The zero-order chi connectivity index (χ0) is 6.85. The molecule has 0 unspecified atom stereocenters. The predicted octanol–water partition coefficient (Wildman–Crippen LogP) is -0.113. The van der Waals surface area contributed by atoms with Crippen molar-refractivity contribution in [3.05, 3.63) is 17.5 Å². The van der Waals surface area contributed by atoms with Crippen LogP contribution in [0, 0.1) is 13.8 Å². The van der Waals surface area contributed by atoms with Crippen LogP contribution < -0.4 is 4.72 Å². The number of hydrogen-bond donors (Lipinski definition) is 0. The second-order valence-corrected chi connectivity index (χ2v) is 2.70. The molecule has 0 aromatic carbocycles. The number of aromatic nitrogens is 2. The zero-order valence-electron chi connectivity index (χ0n) is 5.38. The average Bonchev–Trinajstić information content (AvgIpc) is 1.59. The van der Waals surface area contributed by atoms with Crippen LogP contribution in [0.1, 0.15) is 11.4 Å². The summed E-state index contributed by atoms with van der Waals surface area (Å²) in [7, 11) is 0. The molecule has 0 N–H and O–H groups in total. The molecule has 48 valence electrons. The summed E-state index contributed by atoms with van der Waals surface area (Å²) >= 11 is 2.76. The fraction of sp³-hybridized carbons (Fsp3) is 0.333. The number of nitrogens with zero attached hydrogens (tertiary/aromatic N) is 2. The molecule has 0 atom stereocenters. The van der Waals surface area contributed by atoms with Crippen molar-refractivity contribution < 1.29 is 0 Å². The van der Waals surface area contributed by atoms with Gasteiger partial charge in [0, 0.05) is 0 Å². The van der Waals surface area contributed by atoms with Gasteiger partial charge in [0.1, 0.15) is 0 Å². The topological polar surface area (TPSA) is 25.8 Å². The van der Waals surface area contributed by atoms with Gasteiger partial charge in [-0.25, -0.2) is 0 Å². The Morgan fingerprint density at radius 1 is 1.22 bits per heavy atom. The molecule has 0 radical (unpaired) electrons. The van der Waals surface area contributed by atoms with Gasteiger partial charge in [0.2, 0.25) is 0 Å². The van der Waals surface area contributed by atoms with E-state index in [4.69, 9.17) is 0 Å². The van der Waals surface area contributed by atoms with E-state index in [0.717, 1.165) is 16.1 Å². The first-order valence-electron chi connectivity index (χ1n) is 2.68. The van der Waals surface area contributed by atoms with Crippen LogP contribution in [0.15, 0.2) is 6.07 Å². The van der Waals surface area contributed by atoms with E-state index in [-0.39, 0.29) is 0 Å². The molecule has 0 amide bonds. The van der Waals surface area contributed by atoms with Gasteiger partial charge < -0.3 is 0 Å². The van der Waals surface area contributed by atoms with Crippen LogP contribution in [0.25, 0.3) is 0 Å². The summed E-state index contributed by atoms with van der Waals surface area (Å²) in [6.45, 7) is 3.91. The third-order valence-corrected chi connectivity index (χ3v) is 1.34. The Labute approximate surface area is 62.5 Å². The van der Waals surface area contributed by atoms with Gasteiger partial charge in [-0.2, -0.15) is 0 Å².